The Bertz CT molecular complexity index is 504. The minimum Gasteiger partial charge on any atom is -0.478 e. The van der Waals surface area contributed by atoms with Crippen molar-refractivity contribution in [2.75, 3.05) is 13.2 Å². The number of nitrogens with zero attached hydrogens (tertiary/aromatic N) is 1. The van der Waals surface area contributed by atoms with Gasteiger partial charge in [0.05, 0.1) is 0 Å². The number of amides is 1. The van der Waals surface area contributed by atoms with Gasteiger partial charge in [-0.3, -0.25) is 0 Å². The number of rotatable bonds is 6. The van der Waals surface area contributed by atoms with Crippen molar-refractivity contribution >= 4 is 12.1 Å². The van der Waals surface area contributed by atoms with Gasteiger partial charge in [0.25, 0.3) is 0 Å². The Morgan fingerprint density at radius 1 is 1.63 bits per heavy atom. The molecule has 0 saturated heterocycles. The van der Waals surface area contributed by atoms with Gasteiger partial charge in [0.2, 0.25) is 0 Å². The summed E-state index contributed by atoms with van der Waals surface area (Å²) in [5.41, 5.74) is -0.0312. The van der Waals surface area contributed by atoms with Crippen LogP contribution < -0.4 is 5.32 Å². The topological polar surface area (TPSA) is 102 Å². The standard InChI is InChI=1S/C12H14N2O5/c1-2-5-18-11(17)13-7-12(3-4-12)9-8(10(15)16)6-19-14-9/h2,6H,1,3-5,7H2,(H,13,17)(H,15,16). The number of ether oxygens (including phenoxy) is 1. The molecule has 7 nitrogen and oxygen atoms in total. The molecule has 2 N–H and O–H groups in total. The number of carboxylic acids is 1. The molecule has 1 aliphatic carbocycles. The molecule has 0 spiro atoms. The van der Waals surface area contributed by atoms with Crippen LogP contribution in [0.3, 0.4) is 0 Å². The second-order valence-electron chi connectivity index (χ2n) is 4.40. The summed E-state index contributed by atoms with van der Waals surface area (Å²) in [4.78, 5) is 22.3. The highest BCUT2D eigenvalue weighted by Crippen LogP contribution is 2.48. The molecule has 1 aromatic heterocycles. The molecule has 0 radical (unpaired) electrons. The van der Waals surface area contributed by atoms with E-state index in [1.54, 1.807) is 0 Å². The van der Waals surface area contributed by atoms with Gasteiger partial charge in [-0.15, -0.1) is 0 Å². The summed E-state index contributed by atoms with van der Waals surface area (Å²) in [5, 5.41) is 15.4. The largest absolute Gasteiger partial charge is 0.478 e. The predicted molar refractivity (Wildman–Crippen MR) is 63.9 cm³/mol. The van der Waals surface area contributed by atoms with Gasteiger partial charge in [0.15, 0.2) is 0 Å². The molecule has 0 unspecified atom stereocenters. The third-order valence-electron chi connectivity index (χ3n) is 3.06. The SMILES string of the molecule is C=CCOC(=O)NCC1(c2nocc2C(=O)O)CC1. The van der Waals surface area contributed by atoms with Crippen molar-refractivity contribution in [2.45, 2.75) is 18.3 Å². The quantitative estimate of drug-likeness (QED) is 0.753. The van der Waals surface area contributed by atoms with Gasteiger partial charge in [0, 0.05) is 12.0 Å². The van der Waals surface area contributed by atoms with Gasteiger partial charge in [-0.25, -0.2) is 9.59 Å². The van der Waals surface area contributed by atoms with Gasteiger partial charge in [-0.2, -0.15) is 0 Å². The predicted octanol–water partition coefficient (Wildman–Crippen LogP) is 1.32. The molecule has 19 heavy (non-hydrogen) atoms. The minimum atomic E-state index is -1.09. The summed E-state index contributed by atoms with van der Waals surface area (Å²) >= 11 is 0. The lowest BCUT2D eigenvalue weighted by Crippen LogP contribution is -2.33. The summed E-state index contributed by atoms with van der Waals surface area (Å²) in [6, 6.07) is 0. The van der Waals surface area contributed by atoms with E-state index in [2.05, 4.69) is 17.1 Å². The number of nitrogens with one attached hydrogen (secondary N) is 1. The van der Waals surface area contributed by atoms with E-state index in [-0.39, 0.29) is 18.7 Å². The number of aromatic nitrogens is 1. The van der Waals surface area contributed by atoms with E-state index >= 15 is 0 Å². The Kier molecular flexibility index (Phi) is 3.55. The van der Waals surface area contributed by atoms with E-state index in [9.17, 15) is 9.59 Å². The summed E-state index contributed by atoms with van der Waals surface area (Å²) in [5.74, 6) is -1.09. The molecule has 1 fully saturated rings. The van der Waals surface area contributed by atoms with Crippen LogP contribution in [0.5, 0.6) is 0 Å². The van der Waals surface area contributed by atoms with Gasteiger partial charge < -0.3 is 19.7 Å². The first-order chi connectivity index (χ1) is 9.09. The maximum atomic E-state index is 11.3. The highest BCUT2D eigenvalue weighted by atomic mass is 16.5. The van der Waals surface area contributed by atoms with Crippen molar-refractivity contribution in [3.8, 4) is 0 Å². The van der Waals surface area contributed by atoms with Crippen molar-refractivity contribution in [3.05, 3.63) is 30.2 Å². The molecule has 102 valence electrons. The highest BCUT2D eigenvalue weighted by molar-refractivity contribution is 5.89. The second kappa shape index (κ2) is 5.13. The van der Waals surface area contributed by atoms with Crippen molar-refractivity contribution in [2.24, 2.45) is 0 Å². The molecule has 1 aliphatic rings. The Morgan fingerprint density at radius 3 is 2.95 bits per heavy atom. The first-order valence-electron chi connectivity index (χ1n) is 5.79. The molecular weight excluding hydrogens is 252 g/mol. The van der Waals surface area contributed by atoms with E-state index in [0.717, 1.165) is 19.1 Å². The first-order valence-corrected chi connectivity index (χ1v) is 5.79. The third kappa shape index (κ3) is 2.75. The number of carbonyl (C=O) groups is 2. The molecule has 1 amide bonds. The van der Waals surface area contributed by atoms with Gasteiger partial charge >= 0.3 is 12.1 Å². The molecule has 0 aliphatic heterocycles. The van der Waals surface area contributed by atoms with Crippen LogP contribution in [0.4, 0.5) is 4.79 Å². The molecule has 0 bridgehead atoms. The van der Waals surface area contributed by atoms with Crippen LogP contribution in [0.25, 0.3) is 0 Å². The lowest BCUT2D eigenvalue weighted by molar-refractivity contribution is 0.0694. The summed E-state index contributed by atoms with van der Waals surface area (Å²) < 4.78 is 9.50. The van der Waals surface area contributed by atoms with Crippen molar-refractivity contribution in [1.82, 2.24) is 10.5 Å². The van der Waals surface area contributed by atoms with Crippen LogP contribution in [0.15, 0.2) is 23.4 Å². The van der Waals surface area contributed by atoms with Gasteiger partial charge in [-0.05, 0) is 12.8 Å². The number of carboxylic acid groups (broad SMARTS) is 1. The maximum absolute atomic E-state index is 11.3. The van der Waals surface area contributed by atoms with Crippen LogP contribution in [0.2, 0.25) is 0 Å². The van der Waals surface area contributed by atoms with Gasteiger partial charge in [0.1, 0.15) is 24.1 Å². The zero-order chi connectivity index (χ0) is 13.9. The van der Waals surface area contributed by atoms with E-state index < -0.39 is 17.5 Å². The molecular formula is C12H14N2O5. The molecule has 2 rings (SSSR count). The molecule has 1 saturated carbocycles. The molecule has 7 heteroatoms. The highest BCUT2D eigenvalue weighted by Gasteiger charge is 2.49. The van der Waals surface area contributed by atoms with Crippen molar-refractivity contribution in [3.63, 3.8) is 0 Å². The zero-order valence-electron chi connectivity index (χ0n) is 10.2. The van der Waals surface area contributed by atoms with Gasteiger partial charge in [-0.1, -0.05) is 17.8 Å². The van der Waals surface area contributed by atoms with Crippen LogP contribution in [-0.2, 0) is 10.2 Å². The Labute approximate surface area is 109 Å². The van der Waals surface area contributed by atoms with E-state index in [1.807, 2.05) is 0 Å². The van der Waals surface area contributed by atoms with E-state index in [4.69, 9.17) is 14.4 Å². The van der Waals surface area contributed by atoms with Crippen LogP contribution in [0.1, 0.15) is 28.9 Å². The van der Waals surface area contributed by atoms with Crippen LogP contribution >= 0.6 is 0 Å². The number of hydrogen-bond donors (Lipinski definition) is 2. The van der Waals surface area contributed by atoms with Crippen molar-refractivity contribution < 1.29 is 24.0 Å². The second-order valence-corrected chi connectivity index (χ2v) is 4.40. The summed E-state index contributed by atoms with van der Waals surface area (Å²) in [7, 11) is 0. The first kappa shape index (κ1) is 13.1. The maximum Gasteiger partial charge on any atom is 0.407 e. The number of carbonyl (C=O) groups excluding carboxylic acids is 1. The summed E-state index contributed by atoms with van der Waals surface area (Å²) in [6.45, 7) is 3.83. The number of aromatic carboxylic acids is 1. The Hall–Kier alpha value is -2.31. The average Bonchev–Trinajstić information content (AvgIpc) is 3.00. The lowest BCUT2D eigenvalue weighted by atomic mass is 9.99. The zero-order valence-corrected chi connectivity index (χ0v) is 10.2. The lowest BCUT2D eigenvalue weighted by Gasteiger charge is -2.13. The normalized spacial score (nSPS) is 15.6. The molecule has 1 heterocycles. The third-order valence-corrected chi connectivity index (χ3v) is 3.06. The summed E-state index contributed by atoms with van der Waals surface area (Å²) in [6.07, 6.45) is 3.51. The smallest absolute Gasteiger partial charge is 0.407 e. The van der Waals surface area contributed by atoms with E-state index in [0.29, 0.717) is 5.69 Å². The monoisotopic (exact) mass is 266 g/mol. The number of alkyl carbamates (subject to hydrolysis) is 1. The van der Waals surface area contributed by atoms with E-state index in [1.165, 1.54) is 6.08 Å². The fourth-order valence-corrected chi connectivity index (χ4v) is 1.85. The number of hydrogen-bond acceptors (Lipinski definition) is 5. The minimum absolute atomic E-state index is 0.0405. The Morgan fingerprint density at radius 2 is 2.37 bits per heavy atom. The molecule has 1 aromatic rings. The van der Waals surface area contributed by atoms with Crippen LogP contribution in [-0.4, -0.2) is 35.5 Å². The van der Waals surface area contributed by atoms with Crippen molar-refractivity contribution in [1.29, 1.82) is 0 Å². The fourth-order valence-electron chi connectivity index (χ4n) is 1.85. The fraction of sp³-hybridized carbons (Fsp3) is 0.417. The molecule has 0 atom stereocenters. The Balaban J connectivity index is 1.99. The average molecular weight is 266 g/mol. The van der Waals surface area contributed by atoms with Crippen LogP contribution in [0, 0.1) is 0 Å². The molecule has 0 aromatic carbocycles.